The Hall–Kier alpha value is -1.65. The van der Waals surface area contributed by atoms with Gasteiger partial charge in [0.1, 0.15) is 5.82 Å². The number of rotatable bonds is 3. The van der Waals surface area contributed by atoms with Crippen LogP contribution in [0, 0.1) is 0 Å². The van der Waals surface area contributed by atoms with Crippen molar-refractivity contribution < 1.29 is 5.11 Å². The maximum Gasteiger partial charge on any atom is 0.133 e. The highest BCUT2D eigenvalue weighted by atomic mass is 16.3. The van der Waals surface area contributed by atoms with E-state index in [2.05, 4.69) is 28.0 Å². The summed E-state index contributed by atoms with van der Waals surface area (Å²) in [6.07, 6.45) is 1.81. The lowest BCUT2D eigenvalue weighted by Crippen LogP contribution is -2.38. The van der Waals surface area contributed by atoms with Gasteiger partial charge in [-0.25, -0.2) is 4.98 Å². The van der Waals surface area contributed by atoms with E-state index >= 15 is 0 Å². The third-order valence-electron chi connectivity index (χ3n) is 4.08. The molecule has 0 aliphatic carbocycles. The summed E-state index contributed by atoms with van der Waals surface area (Å²) in [5.74, 6) is 1.02. The number of benzene rings is 1. The smallest absolute Gasteiger partial charge is 0.133 e. The number of hydrogen-bond acceptors (Lipinski definition) is 4. The molecule has 1 aromatic heterocycles. The number of nitrogens with zero attached hydrogens (tertiary/aromatic N) is 3. The lowest BCUT2D eigenvalue weighted by atomic mass is 10.1. The van der Waals surface area contributed by atoms with Crippen LogP contribution in [0.15, 0.2) is 30.3 Å². The highest BCUT2D eigenvalue weighted by Gasteiger charge is 2.19. The largest absolute Gasteiger partial charge is 0.392 e. The average molecular weight is 285 g/mol. The van der Waals surface area contributed by atoms with Crippen LogP contribution in [-0.2, 0) is 6.54 Å². The normalized spacial score (nSPS) is 19.9. The summed E-state index contributed by atoms with van der Waals surface area (Å²) in [4.78, 5) is 9.19. The van der Waals surface area contributed by atoms with E-state index in [0.717, 1.165) is 43.8 Å². The quantitative estimate of drug-likeness (QED) is 0.939. The molecule has 1 N–H and O–H groups in total. The predicted octanol–water partition coefficient (Wildman–Crippen LogP) is 2.26. The highest BCUT2D eigenvalue weighted by molar-refractivity contribution is 5.81. The van der Waals surface area contributed by atoms with Crippen LogP contribution < -0.4 is 4.90 Å². The molecule has 1 fully saturated rings. The monoisotopic (exact) mass is 285 g/mol. The number of β-amino-alcohol motifs (C(OH)–C–C–N with tert-alkyl or cyclic N) is 1. The van der Waals surface area contributed by atoms with Gasteiger partial charge in [0, 0.05) is 38.1 Å². The van der Waals surface area contributed by atoms with Gasteiger partial charge in [-0.15, -0.1) is 0 Å². The number of hydrogen-bond donors (Lipinski definition) is 1. The summed E-state index contributed by atoms with van der Waals surface area (Å²) in [6, 6.07) is 10.5. The van der Waals surface area contributed by atoms with Crippen molar-refractivity contribution >= 4 is 16.7 Å². The molecule has 0 spiro atoms. The van der Waals surface area contributed by atoms with Gasteiger partial charge in [-0.1, -0.05) is 18.2 Å². The van der Waals surface area contributed by atoms with Gasteiger partial charge >= 0.3 is 0 Å². The molecule has 0 amide bonds. The number of anilines is 1. The Bertz CT molecular complexity index is 626. The molecule has 2 heterocycles. The first-order valence-corrected chi connectivity index (χ1v) is 7.60. The van der Waals surface area contributed by atoms with Gasteiger partial charge < -0.3 is 10.0 Å². The third kappa shape index (κ3) is 3.17. The number of piperidine rings is 1. The average Bonchev–Trinajstić information content (AvgIpc) is 2.46. The molecule has 3 rings (SSSR count). The minimum atomic E-state index is -0.185. The number of fused-ring (bicyclic) bond motifs is 1. The summed E-state index contributed by atoms with van der Waals surface area (Å²) < 4.78 is 0. The zero-order chi connectivity index (χ0) is 14.8. The molecular weight excluding hydrogens is 262 g/mol. The predicted molar refractivity (Wildman–Crippen MR) is 86.6 cm³/mol. The fourth-order valence-electron chi connectivity index (χ4n) is 3.07. The Morgan fingerprint density at radius 1 is 1.33 bits per heavy atom. The summed E-state index contributed by atoms with van der Waals surface area (Å²) in [7, 11) is 4.07. The Morgan fingerprint density at radius 3 is 2.90 bits per heavy atom. The number of pyridine rings is 1. The van der Waals surface area contributed by atoms with Gasteiger partial charge in [-0.05, 0) is 31.5 Å². The summed E-state index contributed by atoms with van der Waals surface area (Å²) in [5.41, 5.74) is 2.26. The van der Waals surface area contributed by atoms with Gasteiger partial charge in [0.25, 0.3) is 0 Å². The SMILES string of the molecule is CN(C)c1nc2ccccc2cc1CN1CCCC(O)C1. The van der Waals surface area contributed by atoms with Crippen LogP contribution in [0.5, 0.6) is 0 Å². The Balaban J connectivity index is 1.93. The molecular formula is C17H23N3O. The summed E-state index contributed by atoms with van der Waals surface area (Å²) in [6.45, 7) is 2.67. The van der Waals surface area contributed by atoms with E-state index in [-0.39, 0.29) is 6.10 Å². The van der Waals surface area contributed by atoms with Crippen LogP contribution in [0.2, 0.25) is 0 Å². The van der Waals surface area contributed by atoms with Gasteiger partial charge in [0.05, 0.1) is 11.6 Å². The van der Waals surface area contributed by atoms with Crippen molar-refractivity contribution in [2.75, 3.05) is 32.1 Å². The zero-order valence-corrected chi connectivity index (χ0v) is 12.8. The van der Waals surface area contributed by atoms with E-state index in [9.17, 15) is 5.11 Å². The second-order valence-electron chi connectivity index (χ2n) is 6.09. The van der Waals surface area contributed by atoms with Crippen molar-refractivity contribution in [1.82, 2.24) is 9.88 Å². The van der Waals surface area contributed by atoms with Crippen molar-refractivity contribution in [2.45, 2.75) is 25.5 Å². The molecule has 4 nitrogen and oxygen atoms in total. The molecule has 0 bridgehead atoms. The van der Waals surface area contributed by atoms with Gasteiger partial charge in [0.15, 0.2) is 0 Å². The molecule has 1 aliphatic heterocycles. The van der Waals surface area contributed by atoms with Gasteiger partial charge in [0.2, 0.25) is 0 Å². The standard InChI is InChI=1S/C17H23N3O/c1-19(2)17-14(11-20-9-5-7-15(21)12-20)10-13-6-3-4-8-16(13)18-17/h3-4,6,8,10,15,21H,5,7,9,11-12H2,1-2H3. The van der Waals surface area contributed by atoms with E-state index in [0.29, 0.717) is 0 Å². The van der Waals surface area contributed by atoms with Gasteiger partial charge in [-0.2, -0.15) is 0 Å². The Kier molecular flexibility index (Phi) is 4.08. The molecule has 0 radical (unpaired) electrons. The van der Waals surface area contributed by atoms with Crippen molar-refractivity contribution in [1.29, 1.82) is 0 Å². The second-order valence-corrected chi connectivity index (χ2v) is 6.09. The minimum Gasteiger partial charge on any atom is -0.392 e. The van der Waals surface area contributed by atoms with E-state index in [1.807, 2.05) is 26.2 Å². The number of aliphatic hydroxyl groups is 1. The first-order chi connectivity index (χ1) is 10.1. The molecule has 0 saturated carbocycles. The van der Waals surface area contributed by atoms with Gasteiger partial charge in [-0.3, -0.25) is 4.90 Å². The van der Waals surface area contributed by atoms with Crippen LogP contribution in [0.1, 0.15) is 18.4 Å². The van der Waals surface area contributed by atoms with Crippen molar-refractivity contribution in [3.05, 3.63) is 35.9 Å². The number of likely N-dealkylation sites (tertiary alicyclic amines) is 1. The maximum absolute atomic E-state index is 9.84. The molecule has 21 heavy (non-hydrogen) atoms. The van der Waals surface area contributed by atoms with E-state index in [1.165, 1.54) is 10.9 Å². The number of aromatic nitrogens is 1. The molecule has 1 unspecified atom stereocenters. The summed E-state index contributed by atoms with van der Waals surface area (Å²) in [5, 5.41) is 11.0. The lowest BCUT2D eigenvalue weighted by Gasteiger charge is -2.31. The number of aliphatic hydroxyl groups excluding tert-OH is 1. The second kappa shape index (κ2) is 6.00. The molecule has 1 saturated heterocycles. The third-order valence-corrected chi connectivity index (χ3v) is 4.08. The first-order valence-electron chi connectivity index (χ1n) is 7.60. The number of para-hydroxylation sites is 1. The van der Waals surface area contributed by atoms with Crippen LogP contribution in [0.4, 0.5) is 5.82 Å². The molecule has 1 aliphatic rings. The van der Waals surface area contributed by atoms with Crippen LogP contribution in [0.3, 0.4) is 0 Å². The minimum absolute atomic E-state index is 0.185. The summed E-state index contributed by atoms with van der Waals surface area (Å²) >= 11 is 0. The van der Waals surface area contributed by atoms with E-state index < -0.39 is 0 Å². The highest BCUT2D eigenvalue weighted by Crippen LogP contribution is 2.24. The van der Waals surface area contributed by atoms with Crippen molar-refractivity contribution in [3.8, 4) is 0 Å². The van der Waals surface area contributed by atoms with E-state index in [4.69, 9.17) is 4.98 Å². The van der Waals surface area contributed by atoms with Crippen molar-refractivity contribution in [2.24, 2.45) is 0 Å². The fourth-order valence-corrected chi connectivity index (χ4v) is 3.07. The Morgan fingerprint density at radius 2 is 2.14 bits per heavy atom. The fraction of sp³-hybridized carbons (Fsp3) is 0.471. The molecule has 2 aromatic rings. The first kappa shape index (κ1) is 14.3. The molecule has 4 heteroatoms. The van der Waals surface area contributed by atoms with E-state index in [1.54, 1.807) is 0 Å². The topological polar surface area (TPSA) is 39.6 Å². The zero-order valence-electron chi connectivity index (χ0n) is 12.8. The van der Waals surface area contributed by atoms with Crippen LogP contribution >= 0.6 is 0 Å². The Labute approximate surface area is 126 Å². The molecule has 1 aromatic carbocycles. The maximum atomic E-state index is 9.84. The molecule has 1 atom stereocenters. The van der Waals surface area contributed by atoms with Crippen LogP contribution in [0.25, 0.3) is 10.9 Å². The van der Waals surface area contributed by atoms with Crippen LogP contribution in [-0.4, -0.2) is 48.3 Å². The van der Waals surface area contributed by atoms with Crippen molar-refractivity contribution in [3.63, 3.8) is 0 Å². The lowest BCUT2D eigenvalue weighted by molar-refractivity contribution is 0.0669. The molecule has 112 valence electrons.